The molecule has 1 fully saturated rings. The van der Waals surface area contributed by atoms with Gasteiger partial charge < -0.3 is 9.47 Å². The number of hydrogen-bond donors (Lipinski definition) is 0. The normalized spacial score (nSPS) is 19.9. The molecule has 0 spiro atoms. The number of nitrogens with zero attached hydrogens (tertiary/aromatic N) is 1. The molecule has 0 aromatic heterocycles. The van der Waals surface area contributed by atoms with E-state index in [0.29, 0.717) is 0 Å². The minimum atomic E-state index is -1.80. The summed E-state index contributed by atoms with van der Waals surface area (Å²) >= 11 is 5.67. The van der Waals surface area contributed by atoms with Crippen LogP contribution in [-0.4, -0.2) is 41.1 Å². The zero-order valence-electron chi connectivity index (χ0n) is 12.9. The van der Waals surface area contributed by atoms with E-state index < -0.39 is 51.7 Å². The molecule has 0 N–H and O–H groups in total. The van der Waals surface area contributed by atoms with E-state index in [1.165, 1.54) is 6.07 Å². The Morgan fingerprint density at radius 3 is 2.64 bits per heavy atom. The van der Waals surface area contributed by atoms with Gasteiger partial charge in [0.1, 0.15) is 12.7 Å². The minimum absolute atomic E-state index is 0.0299. The summed E-state index contributed by atoms with van der Waals surface area (Å²) in [5, 5.41) is 11.1. The van der Waals surface area contributed by atoms with Gasteiger partial charge in [-0.05, 0) is 12.1 Å². The number of hydrogen-bond acceptors (Lipinski definition) is 8. The van der Waals surface area contributed by atoms with Gasteiger partial charge in [0.15, 0.2) is 17.5 Å². The lowest BCUT2D eigenvalue weighted by Crippen LogP contribution is -2.44. The molecule has 1 aromatic carbocycles. The number of carbonyl (C=O) groups is 4. The summed E-state index contributed by atoms with van der Waals surface area (Å²) in [5.74, 6) is -5.35. The first-order valence-corrected chi connectivity index (χ1v) is 7.43. The molecule has 0 radical (unpaired) electrons. The summed E-state index contributed by atoms with van der Waals surface area (Å²) in [6, 6.07) is 3.27. The highest BCUT2D eigenvalue weighted by Crippen LogP contribution is 2.28. The number of nitro benzene ring substituents is 1. The van der Waals surface area contributed by atoms with Gasteiger partial charge in [-0.25, -0.2) is 0 Å². The van der Waals surface area contributed by atoms with Crippen molar-refractivity contribution in [2.75, 3.05) is 6.61 Å². The van der Waals surface area contributed by atoms with Gasteiger partial charge in [-0.15, -0.1) is 0 Å². The second kappa shape index (κ2) is 7.39. The number of cyclic esters (lactones) is 1. The van der Waals surface area contributed by atoms with Gasteiger partial charge in [0.2, 0.25) is 0 Å². The quantitative estimate of drug-likeness (QED) is 0.251. The van der Waals surface area contributed by atoms with Crippen LogP contribution < -0.4 is 0 Å². The molecule has 10 heteroatoms. The fourth-order valence-corrected chi connectivity index (χ4v) is 2.49. The van der Waals surface area contributed by atoms with Gasteiger partial charge >= 0.3 is 11.9 Å². The number of Topliss-reactive ketones (excluding diaryl/α,β-unsaturated/α-hetero) is 2. The van der Waals surface area contributed by atoms with Gasteiger partial charge in [-0.1, -0.05) is 11.6 Å². The fraction of sp³-hybridized carbons (Fsp3) is 0.333. The average molecular weight is 370 g/mol. The fourth-order valence-electron chi connectivity index (χ4n) is 2.32. The Morgan fingerprint density at radius 1 is 1.40 bits per heavy atom. The van der Waals surface area contributed by atoms with Crippen LogP contribution in [0.3, 0.4) is 0 Å². The highest BCUT2D eigenvalue weighted by molar-refractivity contribution is 6.31. The second-order valence-electron chi connectivity index (χ2n) is 5.25. The molecule has 2 unspecified atom stereocenters. The third-order valence-corrected chi connectivity index (χ3v) is 3.66. The maximum Gasteiger partial charge on any atom is 0.324 e. The first kappa shape index (κ1) is 18.5. The Balaban J connectivity index is 2.23. The first-order chi connectivity index (χ1) is 11.7. The number of ether oxygens (including phenoxy) is 2. The van der Waals surface area contributed by atoms with Crippen molar-refractivity contribution in [3.63, 3.8) is 0 Å². The summed E-state index contributed by atoms with van der Waals surface area (Å²) in [5.41, 5.74) is -1.02. The maximum absolute atomic E-state index is 12.5. The van der Waals surface area contributed by atoms with Crippen molar-refractivity contribution in [3.8, 4) is 0 Å². The van der Waals surface area contributed by atoms with E-state index in [4.69, 9.17) is 16.3 Å². The second-order valence-corrected chi connectivity index (χ2v) is 5.68. The lowest BCUT2D eigenvalue weighted by molar-refractivity contribution is -0.385. The van der Waals surface area contributed by atoms with Crippen molar-refractivity contribution in [1.82, 2.24) is 0 Å². The number of nitro groups is 1. The molecule has 1 heterocycles. The molecule has 0 amide bonds. The molecule has 1 aromatic rings. The molecule has 25 heavy (non-hydrogen) atoms. The van der Waals surface area contributed by atoms with E-state index in [2.05, 4.69) is 4.74 Å². The van der Waals surface area contributed by atoms with Crippen LogP contribution >= 0.6 is 11.6 Å². The Kier molecular flexibility index (Phi) is 5.48. The smallest absolute Gasteiger partial charge is 0.324 e. The van der Waals surface area contributed by atoms with Crippen LogP contribution in [0.4, 0.5) is 5.69 Å². The average Bonchev–Trinajstić information content (AvgIpc) is 2.51. The van der Waals surface area contributed by atoms with Crippen molar-refractivity contribution >= 4 is 40.8 Å². The molecule has 0 aliphatic carbocycles. The molecule has 2 rings (SSSR count). The number of esters is 2. The van der Waals surface area contributed by atoms with E-state index in [1.54, 1.807) is 0 Å². The molecule has 0 saturated carbocycles. The molecule has 132 valence electrons. The van der Waals surface area contributed by atoms with Gasteiger partial charge in [0.05, 0.1) is 10.5 Å². The van der Waals surface area contributed by atoms with Gasteiger partial charge in [-0.3, -0.25) is 29.3 Å². The first-order valence-electron chi connectivity index (χ1n) is 7.05. The lowest BCUT2D eigenvalue weighted by Gasteiger charge is -2.25. The van der Waals surface area contributed by atoms with Crippen LogP contribution in [0.25, 0.3) is 0 Å². The molecule has 0 bridgehead atoms. The molecule has 9 nitrogen and oxygen atoms in total. The lowest BCUT2D eigenvalue weighted by atomic mass is 9.88. The van der Waals surface area contributed by atoms with Gasteiger partial charge in [-0.2, -0.15) is 0 Å². The summed E-state index contributed by atoms with van der Waals surface area (Å²) in [7, 11) is 0. The van der Waals surface area contributed by atoms with E-state index in [-0.39, 0.29) is 18.1 Å². The van der Waals surface area contributed by atoms with E-state index in [1.807, 2.05) is 0 Å². The number of halogens is 1. The van der Waals surface area contributed by atoms with Crippen LogP contribution in [0.15, 0.2) is 18.2 Å². The third-order valence-electron chi connectivity index (χ3n) is 3.43. The van der Waals surface area contributed by atoms with Gasteiger partial charge in [0, 0.05) is 24.4 Å². The van der Waals surface area contributed by atoms with Crippen molar-refractivity contribution in [3.05, 3.63) is 38.9 Å². The molecule has 1 saturated heterocycles. The van der Waals surface area contributed by atoms with Crippen molar-refractivity contribution < 1.29 is 33.6 Å². The van der Waals surface area contributed by atoms with Crippen molar-refractivity contribution in [2.45, 2.75) is 19.4 Å². The highest BCUT2D eigenvalue weighted by Gasteiger charge is 2.44. The van der Waals surface area contributed by atoms with E-state index in [0.717, 1.165) is 19.1 Å². The van der Waals surface area contributed by atoms with Crippen molar-refractivity contribution in [2.24, 2.45) is 5.92 Å². The number of ketones is 2. The monoisotopic (exact) mass is 369 g/mol. The Bertz CT molecular complexity index is 757. The van der Waals surface area contributed by atoms with Crippen LogP contribution in [-0.2, 0) is 23.9 Å². The summed E-state index contributed by atoms with van der Waals surface area (Å²) in [6.45, 7) is 0.841. The Labute approximate surface area is 146 Å². The largest absolute Gasteiger partial charge is 0.462 e. The highest BCUT2D eigenvalue weighted by atomic mass is 35.5. The zero-order chi connectivity index (χ0) is 18.7. The van der Waals surface area contributed by atoms with E-state index >= 15 is 0 Å². The standard InChI is InChI=1S/C15H12ClNO8/c1-7(18)24-6-9-5-12(19)13(15(21)25-9)14(20)10-3-2-8(16)4-11(10)17(22)23/h2-4,9,13H,5-6H2,1H3. The van der Waals surface area contributed by atoms with Crippen LogP contribution in [0, 0.1) is 16.0 Å². The topological polar surface area (TPSA) is 130 Å². The number of rotatable bonds is 5. The Morgan fingerprint density at radius 2 is 2.08 bits per heavy atom. The minimum Gasteiger partial charge on any atom is -0.462 e. The SMILES string of the molecule is CC(=O)OCC1CC(=O)C(C(=O)c2ccc(Cl)cc2[N+](=O)[O-])C(=O)O1. The van der Waals surface area contributed by atoms with E-state index in [9.17, 15) is 29.3 Å². The summed E-state index contributed by atoms with van der Waals surface area (Å²) in [6.07, 6.45) is -1.33. The summed E-state index contributed by atoms with van der Waals surface area (Å²) in [4.78, 5) is 57.7. The van der Waals surface area contributed by atoms with Crippen LogP contribution in [0.2, 0.25) is 5.02 Å². The molecular weight excluding hydrogens is 358 g/mol. The predicted octanol–water partition coefficient (Wildman–Crippen LogP) is 1.49. The Hall–Kier alpha value is -2.81. The number of carbonyl (C=O) groups excluding carboxylic acids is 4. The van der Waals surface area contributed by atoms with Gasteiger partial charge in [0.25, 0.3) is 5.69 Å². The number of benzene rings is 1. The molecular formula is C15H12ClNO8. The predicted molar refractivity (Wildman–Crippen MR) is 82.1 cm³/mol. The van der Waals surface area contributed by atoms with Crippen molar-refractivity contribution in [1.29, 1.82) is 0 Å². The summed E-state index contributed by atoms with van der Waals surface area (Å²) < 4.78 is 9.60. The molecule has 2 atom stereocenters. The molecule has 1 aliphatic heterocycles. The van der Waals surface area contributed by atoms with Crippen LogP contribution in [0.5, 0.6) is 0 Å². The maximum atomic E-state index is 12.5. The zero-order valence-corrected chi connectivity index (χ0v) is 13.6. The third kappa shape index (κ3) is 4.18. The van der Waals surface area contributed by atoms with Crippen LogP contribution in [0.1, 0.15) is 23.7 Å². The molecule has 1 aliphatic rings.